The standard InChI is InChI=1S/C16H12N2O2/c1-20-12-8-18-15-13-11(12)6-7-17-14(13)9-4-2-3-5-10(9)16(15)19/h2-8,13,15H,1H3. The van der Waals surface area contributed by atoms with Gasteiger partial charge in [0, 0.05) is 22.9 Å². The van der Waals surface area contributed by atoms with Crippen LogP contribution in [0, 0.1) is 5.92 Å². The van der Waals surface area contributed by atoms with E-state index in [1.165, 1.54) is 0 Å². The molecule has 98 valence electrons. The van der Waals surface area contributed by atoms with Crippen molar-refractivity contribution in [3.63, 3.8) is 0 Å². The number of ketones is 1. The molecule has 0 spiro atoms. The monoisotopic (exact) mass is 264 g/mol. The molecule has 20 heavy (non-hydrogen) atoms. The predicted molar refractivity (Wildman–Crippen MR) is 76.3 cm³/mol. The number of aliphatic imine (C=N–C) groups is 2. The third kappa shape index (κ3) is 1.33. The SMILES string of the molecule is COC1=C2C=CN=C3c4ccccc4C(=O)C(N=C1)C32. The molecule has 0 amide bonds. The van der Waals surface area contributed by atoms with Gasteiger partial charge in [-0.25, -0.2) is 0 Å². The zero-order valence-electron chi connectivity index (χ0n) is 10.9. The maximum atomic E-state index is 12.6. The Labute approximate surface area is 116 Å². The van der Waals surface area contributed by atoms with Gasteiger partial charge in [0.2, 0.25) is 0 Å². The number of Topliss-reactive ketones (excluding diaryl/α,β-unsaturated/α-hetero) is 1. The average molecular weight is 264 g/mol. The minimum absolute atomic E-state index is 0.0590. The second-order valence-electron chi connectivity index (χ2n) is 4.96. The van der Waals surface area contributed by atoms with Crippen molar-refractivity contribution in [1.29, 1.82) is 0 Å². The lowest BCUT2D eigenvalue weighted by atomic mass is 9.72. The van der Waals surface area contributed by atoms with E-state index in [0.717, 1.165) is 16.8 Å². The van der Waals surface area contributed by atoms with Crippen molar-refractivity contribution in [2.45, 2.75) is 6.04 Å². The second kappa shape index (κ2) is 4.00. The number of fused-ring (bicyclic) bond motifs is 2. The number of methoxy groups -OCH3 is 1. The van der Waals surface area contributed by atoms with Gasteiger partial charge in [0.25, 0.3) is 0 Å². The van der Waals surface area contributed by atoms with Crippen molar-refractivity contribution in [1.82, 2.24) is 0 Å². The number of benzene rings is 1. The van der Waals surface area contributed by atoms with Gasteiger partial charge in [-0.05, 0) is 6.08 Å². The van der Waals surface area contributed by atoms with Gasteiger partial charge in [-0.3, -0.25) is 14.8 Å². The van der Waals surface area contributed by atoms with E-state index in [9.17, 15) is 4.79 Å². The molecule has 4 rings (SSSR count). The molecule has 0 N–H and O–H groups in total. The van der Waals surface area contributed by atoms with Crippen LogP contribution < -0.4 is 0 Å². The smallest absolute Gasteiger partial charge is 0.188 e. The highest BCUT2D eigenvalue weighted by molar-refractivity contribution is 6.22. The van der Waals surface area contributed by atoms with Gasteiger partial charge in [-0.1, -0.05) is 24.3 Å². The Kier molecular flexibility index (Phi) is 2.27. The lowest BCUT2D eigenvalue weighted by Crippen LogP contribution is -2.43. The van der Waals surface area contributed by atoms with Crippen LogP contribution in [0.3, 0.4) is 0 Å². The second-order valence-corrected chi connectivity index (χ2v) is 4.96. The number of dihydropyridines is 1. The van der Waals surface area contributed by atoms with Crippen LogP contribution in [-0.2, 0) is 4.74 Å². The van der Waals surface area contributed by atoms with E-state index in [1.807, 2.05) is 30.3 Å². The molecule has 0 saturated heterocycles. The molecule has 3 aliphatic rings. The first kappa shape index (κ1) is 11.3. The third-order valence-electron chi connectivity index (χ3n) is 4.01. The fourth-order valence-electron chi connectivity index (χ4n) is 3.10. The van der Waals surface area contributed by atoms with Crippen LogP contribution in [-0.4, -0.2) is 30.9 Å². The van der Waals surface area contributed by atoms with Crippen LogP contribution in [0.25, 0.3) is 0 Å². The minimum atomic E-state index is -0.414. The number of ether oxygens (including phenoxy) is 1. The van der Waals surface area contributed by atoms with Crippen LogP contribution in [0.15, 0.2) is 57.9 Å². The van der Waals surface area contributed by atoms with Crippen LogP contribution in [0.5, 0.6) is 0 Å². The molecular formula is C16H12N2O2. The fourth-order valence-corrected chi connectivity index (χ4v) is 3.10. The Balaban J connectivity index is 2.00. The molecule has 2 heterocycles. The Morgan fingerprint density at radius 2 is 2.00 bits per heavy atom. The number of allylic oxidation sites excluding steroid dienone is 2. The molecule has 0 saturated carbocycles. The van der Waals surface area contributed by atoms with Crippen LogP contribution in [0.4, 0.5) is 0 Å². The summed E-state index contributed by atoms with van der Waals surface area (Å²) in [6, 6.07) is 7.19. The Morgan fingerprint density at radius 1 is 1.20 bits per heavy atom. The first-order valence-corrected chi connectivity index (χ1v) is 6.50. The number of carbonyl (C=O) groups is 1. The highest BCUT2D eigenvalue weighted by Gasteiger charge is 2.44. The molecule has 4 heteroatoms. The summed E-state index contributed by atoms with van der Waals surface area (Å²) in [4.78, 5) is 21.5. The first-order valence-electron chi connectivity index (χ1n) is 6.50. The largest absolute Gasteiger partial charge is 0.495 e. The summed E-state index contributed by atoms with van der Waals surface area (Å²) in [5.41, 5.74) is 3.52. The first-order chi connectivity index (χ1) is 9.81. The molecule has 0 bridgehead atoms. The van der Waals surface area contributed by atoms with Crippen LogP contribution >= 0.6 is 0 Å². The zero-order valence-corrected chi connectivity index (χ0v) is 10.9. The van der Waals surface area contributed by atoms with Crippen molar-refractivity contribution in [3.05, 3.63) is 59.0 Å². The highest BCUT2D eigenvalue weighted by Crippen LogP contribution is 2.38. The summed E-state index contributed by atoms with van der Waals surface area (Å²) < 4.78 is 5.36. The van der Waals surface area contributed by atoms with E-state index in [-0.39, 0.29) is 11.7 Å². The molecule has 1 aromatic rings. The quantitative estimate of drug-likeness (QED) is 0.780. The van der Waals surface area contributed by atoms with Gasteiger partial charge in [-0.2, -0.15) is 0 Å². The maximum Gasteiger partial charge on any atom is 0.188 e. The van der Waals surface area contributed by atoms with Crippen molar-refractivity contribution in [2.24, 2.45) is 15.9 Å². The topological polar surface area (TPSA) is 51.0 Å². The molecular weight excluding hydrogens is 252 g/mol. The number of nitrogens with zero attached hydrogens (tertiary/aromatic N) is 2. The fraction of sp³-hybridized carbons (Fsp3) is 0.188. The lowest BCUT2D eigenvalue weighted by molar-refractivity contribution is 0.0947. The molecule has 0 radical (unpaired) electrons. The predicted octanol–water partition coefficient (Wildman–Crippen LogP) is 2.17. The third-order valence-corrected chi connectivity index (χ3v) is 4.01. The molecule has 4 nitrogen and oxygen atoms in total. The maximum absolute atomic E-state index is 12.6. The van der Waals surface area contributed by atoms with Gasteiger partial charge < -0.3 is 4.74 Å². The molecule has 0 aromatic heterocycles. The molecule has 2 aliphatic heterocycles. The van der Waals surface area contributed by atoms with Crippen molar-refractivity contribution >= 4 is 17.7 Å². The normalized spacial score (nSPS) is 26.1. The van der Waals surface area contributed by atoms with Gasteiger partial charge >= 0.3 is 0 Å². The highest BCUT2D eigenvalue weighted by atomic mass is 16.5. The summed E-state index contributed by atoms with van der Waals surface area (Å²) in [6.07, 6.45) is 5.32. The zero-order chi connectivity index (χ0) is 13.7. The van der Waals surface area contributed by atoms with E-state index in [4.69, 9.17) is 4.74 Å². The van der Waals surface area contributed by atoms with Gasteiger partial charge in [0.05, 0.1) is 25.0 Å². The van der Waals surface area contributed by atoms with Gasteiger partial charge in [-0.15, -0.1) is 0 Å². The number of hydrogen-bond acceptors (Lipinski definition) is 4. The Morgan fingerprint density at radius 3 is 2.80 bits per heavy atom. The number of hydrogen-bond donors (Lipinski definition) is 0. The molecule has 1 aliphatic carbocycles. The Hall–Kier alpha value is -2.49. The molecule has 2 unspecified atom stereocenters. The van der Waals surface area contributed by atoms with Crippen LogP contribution in [0.2, 0.25) is 0 Å². The van der Waals surface area contributed by atoms with Crippen molar-refractivity contribution in [3.8, 4) is 0 Å². The molecule has 1 aromatic carbocycles. The average Bonchev–Trinajstić information content (AvgIpc) is 2.52. The molecule has 2 atom stereocenters. The van der Waals surface area contributed by atoms with Gasteiger partial charge in [0.1, 0.15) is 11.8 Å². The summed E-state index contributed by atoms with van der Waals surface area (Å²) in [7, 11) is 1.62. The molecule has 0 fully saturated rings. The van der Waals surface area contributed by atoms with E-state index in [2.05, 4.69) is 9.98 Å². The van der Waals surface area contributed by atoms with E-state index >= 15 is 0 Å². The van der Waals surface area contributed by atoms with E-state index < -0.39 is 6.04 Å². The minimum Gasteiger partial charge on any atom is -0.495 e. The number of rotatable bonds is 1. The summed E-state index contributed by atoms with van der Waals surface area (Å²) in [5, 5.41) is 0. The summed E-state index contributed by atoms with van der Waals surface area (Å²) in [5.74, 6) is 0.646. The van der Waals surface area contributed by atoms with Gasteiger partial charge in [0.15, 0.2) is 5.78 Å². The lowest BCUT2D eigenvalue weighted by Gasteiger charge is -2.35. The van der Waals surface area contributed by atoms with E-state index in [1.54, 1.807) is 19.5 Å². The summed E-state index contributed by atoms with van der Waals surface area (Å²) in [6.45, 7) is 0. The van der Waals surface area contributed by atoms with Crippen molar-refractivity contribution < 1.29 is 9.53 Å². The summed E-state index contributed by atoms with van der Waals surface area (Å²) >= 11 is 0. The Bertz CT molecular complexity index is 741. The van der Waals surface area contributed by atoms with E-state index in [0.29, 0.717) is 11.3 Å². The van der Waals surface area contributed by atoms with Crippen molar-refractivity contribution in [2.75, 3.05) is 7.11 Å². The van der Waals surface area contributed by atoms with Crippen LogP contribution in [0.1, 0.15) is 15.9 Å². The number of carbonyl (C=O) groups excluding carboxylic acids is 1.